The summed E-state index contributed by atoms with van der Waals surface area (Å²) in [5.74, 6) is 2.02. The molecule has 3 rings (SSSR count). The molecule has 0 fully saturated rings. The molecule has 7 heteroatoms. The van der Waals surface area contributed by atoms with Crippen molar-refractivity contribution in [3.05, 3.63) is 63.1 Å². The van der Waals surface area contributed by atoms with Crippen LogP contribution in [0.2, 0.25) is 15.1 Å². The molecule has 2 aromatic carbocycles. The van der Waals surface area contributed by atoms with E-state index in [9.17, 15) is 0 Å². The molecular weight excluding hydrogens is 409 g/mol. The lowest BCUT2D eigenvalue weighted by Gasteiger charge is -2.13. The van der Waals surface area contributed by atoms with Crippen LogP contribution in [-0.2, 0) is 12.3 Å². The molecule has 3 nitrogen and oxygen atoms in total. The van der Waals surface area contributed by atoms with Gasteiger partial charge in [-0.15, -0.1) is 10.2 Å². The number of benzene rings is 2. The SMILES string of the molecule is CC(C)Cn1c(SCc2ccc(Cl)cc2Cl)nnc1-c1ccc(Cl)cc1. The predicted octanol–water partition coefficient (Wildman–Crippen LogP) is 6.85. The normalized spacial score (nSPS) is 11.3. The molecule has 0 unspecified atom stereocenters. The van der Waals surface area contributed by atoms with Crippen molar-refractivity contribution in [3.8, 4) is 11.4 Å². The zero-order valence-electron chi connectivity index (χ0n) is 14.4. The molecular formula is C19H18Cl3N3S. The van der Waals surface area contributed by atoms with Crippen LogP contribution < -0.4 is 0 Å². The van der Waals surface area contributed by atoms with Crippen molar-refractivity contribution in [3.63, 3.8) is 0 Å². The molecule has 0 aliphatic carbocycles. The van der Waals surface area contributed by atoms with Gasteiger partial charge < -0.3 is 4.57 Å². The van der Waals surface area contributed by atoms with Gasteiger partial charge in [0.15, 0.2) is 11.0 Å². The van der Waals surface area contributed by atoms with E-state index in [1.807, 2.05) is 36.4 Å². The summed E-state index contributed by atoms with van der Waals surface area (Å²) >= 11 is 19.9. The van der Waals surface area contributed by atoms with E-state index in [4.69, 9.17) is 34.8 Å². The second kappa shape index (κ2) is 8.66. The van der Waals surface area contributed by atoms with Crippen LogP contribution in [0, 0.1) is 5.92 Å². The molecule has 1 aromatic heterocycles. The highest BCUT2D eigenvalue weighted by atomic mass is 35.5. The van der Waals surface area contributed by atoms with Gasteiger partial charge in [0, 0.05) is 32.9 Å². The predicted molar refractivity (Wildman–Crippen MR) is 111 cm³/mol. The summed E-state index contributed by atoms with van der Waals surface area (Å²) in [6.45, 7) is 5.19. The number of aromatic nitrogens is 3. The number of halogens is 3. The van der Waals surface area contributed by atoms with Crippen LogP contribution in [0.1, 0.15) is 19.4 Å². The first-order valence-corrected chi connectivity index (χ1v) is 10.3. The maximum Gasteiger partial charge on any atom is 0.191 e. The van der Waals surface area contributed by atoms with Crippen molar-refractivity contribution in [2.75, 3.05) is 0 Å². The summed E-state index contributed by atoms with van der Waals surface area (Å²) in [5.41, 5.74) is 2.02. The molecule has 0 saturated carbocycles. The van der Waals surface area contributed by atoms with Gasteiger partial charge in [-0.1, -0.05) is 66.5 Å². The highest BCUT2D eigenvalue weighted by Crippen LogP contribution is 2.30. The van der Waals surface area contributed by atoms with E-state index < -0.39 is 0 Å². The Morgan fingerprint density at radius 3 is 2.31 bits per heavy atom. The van der Waals surface area contributed by atoms with Gasteiger partial charge in [-0.25, -0.2) is 0 Å². The lowest BCUT2D eigenvalue weighted by atomic mass is 10.2. The van der Waals surface area contributed by atoms with E-state index in [1.54, 1.807) is 17.8 Å². The van der Waals surface area contributed by atoms with Gasteiger partial charge in [0.05, 0.1) is 0 Å². The third kappa shape index (κ3) is 4.74. The molecule has 1 heterocycles. The zero-order chi connectivity index (χ0) is 18.7. The monoisotopic (exact) mass is 425 g/mol. The minimum Gasteiger partial charge on any atom is -0.302 e. The summed E-state index contributed by atoms with van der Waals surface area (Å²) in [4.78, 5) is 0. The largest absolute Gasteiger partial charge is 0.302 e. The minimum absolute atomic E-state index is 0.468. The molecule has 0 N–H and O–H groups in total. The molecule has 0 aliphatic heterocycles. The third-order valence-corrected chi connectivity index (χ3v) is 5.59. The lowest BCUT2D eigenvalue weighted by Crippen LogP contribution is -2.07. The third-order valence-electron chi connectivity index (χ3n) is 3.74. The summed E-state index contributed by atoms with van der Waals surface area (Å²) < 4.78 is 2.16. The Morgan fingerprint density at radius 1 is 0.962 bits per heavy atom. The van der Waals surface area contributed by atoms with Gasteiger partial charge in [0.2, 0.25) is 0 Å². The fourth-order valence-electron chi connectivity index (χ4n) is 2.52. The molecule has 0 amide bonds. The van der Waals surface area contributed by atoms with Crippen LogP contribution in [-0.4, -0.2) is 14.8 Å². The van der Waals surface area contributed by atoms with Crippen LogP contribution in [0.3, 0.4) is 0 Å². The maximum atomic E-state index is 6.28. The van der Waals surface area contributed by atoms with E-state index in [2.05, 4.69) is 28.6 Å². The molecule has 0 atom stereocenters. The molecule has 26 heavy (non-hydrogen) atoms. The van der Waals surface area contributed by atoms with Gasteiger partial charge in [0.1, 0.15) is 0 Å². The Bertz CT molecular complexity index is 892. The highest BCUT2D eigenvalue weighted by Gasteiger charge is 2.16. The smallest absolute Gasteiger partial charge is 0.191 e. The Hall–Kier alpha value is -1.20. The molecule has 0 aliphatic rings. The number of hydrogen-bond donors (Lipinski definition) is 0. The summed E-state index contributed by atoms with van der Waals surface area (Å²) in [5, 5.41) is 11.7. The van der Waals surface area contributed by atoms with Gasteiger partial charge >= 0.3 is 0 Å². The average Bonchev–Trinajstić information content (AvgIpc) is 2.97. The van der Waals surface area contributed by atoms with Crippen molar-refractivity contribution in [1.29, 1.82) is 0 Å². The van der Waals surface area contributed by atoms with Gasteiger partial charge in [0.25, 0.3) is 0 Å². The summed E-state index contributed by atoms with van der Waals surface area (Å²) in [6, 6.07) is 13.2. The topological polar surface area (TPSA) is 30.7 Å². The second-order valence-corrected chi connectivity index (χ2v) is 8.56. The van der Waals surface area contributed by atoms with Crippen LogP contribution in [0.15, 0.2) is 47.6 Å². The zero-order valence-corrected chi connectivity index (χ0v) is 17.5. The average molecular weight is 427 g/mol. The van der Waals surface area contributed by atoms with Crippen molar-refractivity contribution < 1.29 is 0 Å². The Balaban J connectivity index is 1.87. The first kappa shape index (κ1) is 19.6. The quantitative estimate of drug-likeness (QED) is 0.404. The molecule has 3 aromatic rings. The van der Waals surface area contributed by atoms with E-state index >= 15 is 0 Å². The first-order chi connectivity index (χ1) is 12.4. The van der Waals surface area contributed by atoms with Crippen molar-refractivity contribution in [2.45, 2.75) is 31.3 Å². The Kier molecular flexibility index (Phi) is 6.51. The van der Waals surface area contributed by atoms with Crippen molar-refractivity contribution in [2.24, 2.45) is 5.92 Å². The van der Waals surface area contributed by atoms with Gasteiger partial charge in [-0.3, -0.25) is 0 Å². The fraction of sp³-hybridized carbons (Fsp3) is 0.263. The summed E-state index contributed by atoms with van der Waals surface area (Å²) in [6.07, 6.45) is 0. The number of nitrogens with zero attached hydrogens (tertiary/aromatic N) is 3. The van der Waals surface area contributed by atoms with E-state index in [1.165, 1.54) is 0 Å². The van der Waals surface area contributed by atoms with Crippen LogP contribution in [0.5, 0.6) is 0 Å². The van der Waals surface area contributed by atoms with E-state index in [-0.39, 0.29) is 0 Å². The molecule has 0 spiro atoms. The van der Waals surface area contributed by atoms with E-state index in [0.717, 1.165) is 28.7 Å². The van der Waals surface area contributed by atoms with Crippen LogP contribution in [0.25, 0.3) is 11.4 Å². The Morgan fingerprint density at radius 2 is 1.65 bits per heavy atom. The first-order valence-electron chi connectivity index (χ1n) is 8.20. The molecule has 0 radical (unpaired) electrons. The lowest BCUT2D eigenvalue weighted by molar-refractivity contribution is 0.498. The van der Waals surface area contributed by atoms with E-state index in [0.29, 0.717) is 26.7 Å². The second-order valence-electron chi connectivity index (χ2n) is 6.34. The maximum absolute atomic E-state index is 6.28. The number of thioether (sulfide) groups is 1. The van der Waals surface area contributed by atoms with Crippen molar-refractivity contribution in [1.82, 2.24) is 14.8 Å². The molecule has 0 saturated heterocycles. The van der Waals surface area contributed by atoms with Crippen molar-refractivity contribution >= 4 is 46.6 Å². The molecule has 136 valence electrons. The van der Waals surface area contributed by atoms with Crippen LogP contribution in [0.4, 0.5) is 0 Å². The summed E-state index contributed by atoms with van der Waals surface area (Å²) in [7, 11) is 0. The van der Waals surface area contributed by atoms with Gasteiger partial charge in [-0.05, 0) is 47.9 Å². The number of hydrogen-bond acceptors (Lipinski definition) is 3. The van der Waals surface area contributed by atoms with Gasteiger partial charge in [-0.2, -0.15) is 0 Å². The number of rotatable bonds is 6. The van der Waals surface area contributed by atoms with Crippen LogP contribution >= 0.6 is 46.6 Å². The molecule has 0 bridgehead atoms. The standard InChI is InChI=1S/C19H18Cl3N3S/c1-12(2)10-25-18(13-3-6-15(20)7-4-13)23-24-19(25)26-11-14-5-8-16(21)9-17(14)22/h3-9,12H,10-11H2,1-2H3. The Labute approximate surface area is 172 Å². The minimum atomic E-state index is 0.468. The fourth-order valence-corrected chi connectivity index (χ4v) is 4.15. The highest BCUT2D eigenvalue weighted by molar-refractivity contribution is 7.98.